The fourth-order valence-corrected chi connectivity index (χ4v) is 2.47. The second-order valence-corrected chi connectivity index (χ2v) is 5.07. The van der Waals surface area contributed by atoms with Gasteiger partial charge in [0.25, 0.3) is 0 Å². The van der Waals surface area contributed by atoms with Gasteiger partial charge < -0.3 is 9.84 Å². The van der Waals surface area contributed by atoms with Crippen molar-refractivity contribution in [3.05, 3.63) is 59.1 Å². The minimum absolute atomic E-state index is 0.0381. The lowest BCUT2D eigenvalue weighted by Gasteiger charge is -2.15. The maximum absolute atomic E-state index is 12.3. The summed E-state index contributed by atoms with van der Waals surface area (Å²) in [7, 11) is -1.21. The summed E-state index contributed by atoms with van der Waals surface area (Å²) in [5.41, 5.74) is 0.426. The lowest BCUT2D eigenvalue weighted by molar-refractivity contribution is 0.102. The maximum atomic E-state index is 12.3. The van der Waals surface area contributed by atoms with E-state index in [1.54, 1.807) is 30.3 Å². The molecule has 1 aromatic carbocycles. The highest BCUT2D eigenvalue weighted by atomic mass is 32.2. The van der Waals surface area contributed by atoms with Crippen LogP contribution in [0.2, 0.25) is 0 Å². The van der Waals surface area contributed by atoms with Gasteiger partial charge in [-0.05, 0) is 0 Å². The van der Waals surface area contributed by atoms with Crippen molar-refractivity contribution in [3.8, 4) is 0 Å². The summed E-state index contributed by atoms with van der Waals surface area (Å²) in [5.74, 6) is -0.636. The Bertz CT molecular complexity index is 731. The van der Waals surface area contributed by atoms with Crippen LogP contribution in [0, 0.1) is 0 Å². The molecule has 0 spiro atoms. The van der Waals surface area contributed by atoms with Gasteiger partial charge in [0.05, 0.1) is 7.11 Å². The number of benzene rings is 1. The highest BCUT2D eigenvalue weighted by molar-refractivity contribution is 7.73. The molecular formula is C14H12O5S. The number of allylic oxidation sites excluding steroid dienone is 3. The fourth-order valence-electron chi connectivity index (χ4n) is 1.90. The molecule has 0 saturated heterocycles. The number of ketones is 1. The van der Waals surface area contributed by atoms with Gasteiger partial charge in [-0.2, -0.15) is 8.42 Å². The van der Waals surface area contributed by atoms with Crippen LogP contribution in [0.1, 0.15) is 16.8 Å². The van der Waals surface area contributed by atoms with Crippen molar-refractivity contribution in [2.75, 3.05) is 7.11 Å². The largest absolute Gasteiger partial charge is 0.507 e. The van der Waals surface area contributed by atoms with Gasteiger partial charge in [-0.3, -0.25) is 4.79 Å². The minimum Gasteiger partial charge on any atom is -0.507 e. The van der Waals surface area contributed by atoms with E-state index in [0.29, 0.717) is 5.56 Å². The molecule has 0 aliphatic heterocycles. The Hall–Kier alpha value is -2.34. The predicted octanol–water partition coefficient (Wildman–Crippen LogP) is 1.67. The van der Waals surface area contributed by atoms with E-state index >= 15 is 0 Å². The Morgan fingerprint density at radius 3 is 2.45 bits per heavy atom. The number of rotatable bonds is 3. The quantitative estimate of drug-likeness (QED) is 0.677. The normalized spacial score (nSPS) is 14.8. The SMILES string of the molecule is COC1=CC(O)=C(C(=O)c2ccccc2)CC1=S(=O)=O. The van der Waals surface area contributed by atoms with Gasteiger partial charge in [0, 0.05) is 23.6 Å². The highest BCUT2D eigenvalue weighted by Crippen LogP contribution is 2.24. The molecule has 5 nitrogen and oxygen atoms in total. The Morgan fingerprint density at radius 1 is 1.25 bits per heavy atom. The van der Waals surface area contributed by atoms with Crippen LogP contribution >= 0.6 is 0 Å². The van der Waals surface area contributed by atoms with Crippen LogP contribution < -0.4 is 0 Å². The minimum atomic E-state index is -2.51. The molecule has 0 atom stereocenters. The number of carbonyl (C=O) groups excluding carboxylic acids is 1. The first kappa shape index (κ1) is 14.1. The lowest BCUT2D eigenvalue weighted by atomic mass is 9.94. The molecule has 1 aromatic rings. The van der Waals surface area contributed by atoms with E-state index in [1.807, 2.05) is 0 Å². The van der Waals surface area contributed by atoms with Gasteiger partial charge in [0.15, 0.2) is 5.78 Å². The molecule has 1 aliphatic carbocycles. The average molecular weight is 292 g/mol. The molecule has 1 N–H and O–H groups in total. The maximum Gasteiger partial charge on any atom is 0.221 e. The molecule has 104 valence electrons. The number of methoxy groups -OCH3 is 1. The summed E-state index contributed by atoms with van der Waals surface area (Å²) in [6.45, 7) is 0. The molecule has 0 fully saturated rings. The van der Waals surface area contributed by atoms with Crippen LogP contribution in [0.5, 0.6) is 0 Å². The zero-order valence-corrected chi connectivity index (χ0v) is 11.5. The van der Waals surface area contributed by atoms with Gasteiger partial charge >= 0.3 is 0 Å². The summed E-state index contributed by atoms with van der Waals surface area (Å²) in [6.07, 6.45) is 0.958. The molecule has 0 unspecified atom stereocenters. The Labute approximate surface area is 117 Å². The molecule has 0 saturated carbocycles. The summed E-state index contributed by atoms with van der Waals surface area (Å²) in [4.78, 5) is 12.2. The Kier molecular flexibility index (Phi) is 4.05. The highest BCUT2D eigenvalue weighted by Gasteiger charge is 2.26. The van der Waals surface area contributed by atoms with Crippen molar-refractivity contribution in [1.29, 1.82) is 0 Å². The number of hydrogen-bond donors (Lipinski definition) is 1. The van der Waals surface area contributed by atoms with Crippen molar-refractivity contribution < 1.29 is 23.1 Å². The summed E-state index contributed by atoms with van der Waals surface area (Å²) < 4.78 is 27.2. The van der Waals surface area contributed by atoms with Gasteiger partial charge in [-0.15, -0.1) is 0 Å². The van der Waals surface area contributed by atoms with Gasteiger partial charge in [-0.25, -0.2) is 0 Å². The fraction of sp³-hybridized carbons (Fsp3) is 0.143. The van der Waals surface area contributed by atoms with Crippen molar-refractivity contribution >= 4 is 20.9 Å². The van der Waals surface area contributed by atoms with E-state index < -0.39 is 16.1 Å². The Balaban J connectivity index is 2.50. The van der Waals surface area contributed by atoms with E-state index in [4.69, 9.17) is 4.74 Å². The van der Waals surface area contributed by atoms with Crippen molar-refractivity contribution in [2.24, 2.45) is 0 Å². The third-order valence-corrected chi connectivity index (χ3v) is 3.67. The van der Waals surface area contributed by atoms with Crippen LogP contribution in [0.4, 0.5) is 0 Å². The van der Waals surface area contributed by atoms with Crippen LogP contribution in [0.25, 0.3) is 0 Å². The van der Waals surface area contributed by atoms with Crippen LogP contribution in [-0.4, -0.2) is 31.3 Å². The molecule has 2 rings (SSSR count). The lowest BCUT2D eigenvalue weighted by Crippen LogP contribution is -2.18. The van der Waals surface area contributed by atoms with E-state index in [2.05, 4.69) is 0 Å². The summed E-state index contributed by atoms with van der Waals surface area (Å²) >= 11 is 0. The topological polar surface area (TPSA) is 80.7 Å². The summed E-state index contributed by atoms with van der Waals surface area (Å²) in [6, 6.07) is 8.36. The molecule has 20 heavy (non-hydrogen) atoms. The number of carbonyl (C=O) groups is 1. The summed E-state index contributed by atoms with van der Waals surface area (Å²) in [5, 5.41) is 9.89. The molecule has 0 bridgehead atoms. The monoisotopic (exact) mass is 292 g/mol. The molecule has 0 aromatic heterocycles. The third-order valence-electron chi connectivity index (χ3n) is 2.92. The number of ether oxygens (including phenoxy) is 1. The van der Waals surface area contributed by atoms with Crippen LogP contribution in [-0.2, 0) is 15.0 Å². The first-order valence-electron chi connectivity index (χ1n) is 5.77. The number of aliphatic hydroxyl groups is 1. The smallest absolute Gasteiger partial charge is 0.221 e. The first-order chi connectivity index (χ1) is 9.54. The average Bonchev–Trinajstić information content (AvgIpc) is 2.46. The van der Waals surface area contributed by atoms with E-state index in [0.717, 1.165) is 6.08 Å². The molecule has 6 heteroatoms. The van der Waals surface area contributed by atoms with Gasteiger partial charge in [-0.1, -0.05) is 30.3 Å². The predicted molar refractivity (Wildman–Crippen MR) is 74.1 cm³/mol. The molecule has 0 heterocycles. The van der Waals surface area contributed by atoms with Gasteiger partial charge in [0.1, 0.15) is 16.4 Å². The molecule has 1 aliphatic rings. The second-order valence-electron chi connectivity index (χ2n) is 4.11. The van der Waals surface area contributed by atoms with E-state index in [1.165, 1.54) is 7.11 Å². The number of Topliss-reactive ketones (excluding diaryl/α,β-unsaturated/α-hetero) is 1. The first-order valence-corrected chi connectivity index (χ1v) is 6.85. The standard InChI is InChI=1S/C14H12O5S/c1-19-12-8-11(15)10(7-13(12)20(17)18)14(16)9-5-3-2-4-6-9/h2-6,8,15H,7H2,1H3. The molecule has 0 radical (unpaired) electrons. The molecule has 0 amide bonds. The number of aliphatic hydroxyl groups excluding tert-OH is 1. The van der Waals surface area contributed by atoms with Crippen molar-refractivity contribution in [3.63, 3.8) is 0 Å². The van der Waals surface area contributed by atoms with E-state index in [9.17, 15) is 18.3 Å². The zero-order chi connectivity index (χ0) is 14.7. The van der Waals surface area contributed by atoms with Gasteiger partial charge in [0.2, 0.25) is 10.3 Å². The van der Waals surface area contributed by atoms with Crippen molar-refractivity contribution in [1.82, 2.24) is 0 Å². The zero-order valence-electron chi connectivity index (χ0n) is 10.7. The second kappa shape index (κ2) is 5.75. The van der Waals surface area contributed by atoms with Crippen LogP contribution in [0.15, 0.2) is 53.5 Å². The van der Waals surface area contributed by atoms with Crippen LogP contribution in [0.3, 0.4) is 0 Å². The molecular weight excluding hydrogens is 280 g/mol. The van der Waals surface area contributed by atoms with Crippen molar-refractivity contribution in [2.45, 2.75) is 6.42 Å². The Morgan fingerprint density at radius 2 is 1.90 bits per heavy atom. The number of hydrogen-bond acceptors (Lipinski definition) is 5. The van der Waals surface area contributed by atoms with E-state index in [-0.39, 0.29) is 28.4 Å². The third kappa shape index (κ3) is 2.65.